The molecule has 0 aromatic heterocycles. The molecule has 0 radical (unpaired) electrons. The van der Waals surface area contributed by atoms with Crippen LogP contribution in [-0.4, -0.2) is 30.6 Å². The number of nitrogens with zero attached hydrogens (tertiary/aromatic N) is 1. The van der Waals surface area contributed by atoms with Crippen molar-refractivity contribution in [2.24, 2.45) is 0 Å². The van der Waals surface area contributed by atoms with Gasteiger partial charge < -0.3 is 14.4 Å². The van der Waals surface area contributed by atoms with Crippen LogP contribution in [-0.2, 0) is 11.2 Å². The number of likely N-dealkylation sites (N-methyl/N-ethyl adjacent to an activating group) is 1. The van der Waals surface area contributed by atoms with E-state index in [0.29, 0.717) is 11.5 Å². The van der Waals surface area contributed by atoms with Crippen LogP contribution in [0.25, 0.3) is 0 Å². The third-order valence-corrected chi connectivity index (χ3v) is 4.70. The van der Waals surface area contributed by atoms with Crippen molar-refractivity contribution in [1.29, 1.82) is 0 Å². The molecule has 1 amide bonds. The standard InChI is InChI=1S/C19H19NO3/c1-20(15-11-10-13-6-2-3-7-14(13)15)19(21)18-12-22-16-8-4-5-9-17(16)23-18/h2-9,15,18H,10-12H2,1H3. The van der Waals surface area contributed by atoms with E-state index in [4.69, 9.17) is 9.47 Å². The second-order valence-electron chi connectivity index (χ2n) is 6.07. The van der Waals surface area contributed by atoms with E-state index in [-0.39, 0.29) is 18.6 Å². The van der Waals surface area contributed by atoms with Gasteiger partial charge in [0.2, 0.25) is 6.10 Å². The Bertz CT molecular complexity index is 743. The Morgan fingerprint density at radius 3 is 2.70 bits per heavy atom. The lowest BCUT2D eigenvalue weighted by Crippen LogP contribution is -2.45. The van der Waals surface area contributed by atoms with Crippen LogP contribution < -0.4 is 9.47 Å². The number of hydrogen-bond acceptors (Lipinski definition) is 3. The maximum absolute atomic E-state index is 12.8. The summed E-state index contributed by atoms with van der Waals surface area (Å²) in [5.41, 5.74) is 2.59. The summed E-state index contributed by atoms with van der Waals surface area (Å²) in [6, 6.07) is 15.9. The fourth-order valence-electron chi connectivity index (χ4n) is 3.46. The zero-order chi connectivity index (χ0) is 15.8. The minimum absolute atomic E-state index is 0.0267. The van der Waals surface area contributed by atoms with Crippen molar-refractivity contribution in [3.8, 4) is 11.5 Å². The molecule has 2 aromatic carbocycles. The highest BCUT2D eigenvalue weighted by molar-refractivity contribution is 5.82. The van der Waals surface area contributed by atoms with E-state index in [1.165, 1.54) is 11.1 Å². The quantitative estimate of drug-likeness (QED) is 0.856. The Kier molecular flexibility index (Phi) is 3.45. The number of para-hydroxylation sites is 2. The Hall–Kier alpha value is -2.49. The molecule has 4 nitrogen and oxygen atoms in total. The van der Waals surface area contributed by atoms with Crippen LogP contribution in [0.1, 0.15) is 23.6 Å². The van der Waals surface area contributed by atoms with Gasteiger partial charge in [0.15, 0.2) is 11.5 Å². The van der Waals surface area contributed by atoms with Crippen LogP contribution in [0.4, 0.5) is 0 Å². The molecule has 2 atom stereocenters. The molecule has 23 heavy (non-hydrogen) atoms. The zero-order valence-electron chi connectivity index (χ0n) is 13.1. The number of amides is 1. The zero-order valence-corrected chi connectivity index (χ0v) is 13.1. The molecule has 0 bridgehead atoms. The van der Waals surface area contributed by atoms with E-state index in [0.717, 1.165) is 12.8 Å². The maximum atomic E-state index is 12.8. The SMILES string of the molecule is CN(C(=O)C1COc2ccccc2O1)C1CCc2ccccc21. The van der Waals surface area contributed by atoms with Gasteiger partial charge in [0.1, 0.15) is 6.61 Å². The first-order valence-electron chi connectivity index (χ1n) is 7.97. The van der Waals surface area contributed by atoms with Crippen molar-refractivity contribution in [1.82, 2.24) is 4.90 Å². The van der Waals surface area contributed by atoms with Crippen LogP contribution in [0.5, 0.6) is 11.5 Å². The lowest BCUT2D eigenvalue weighted by molar-refractivity contribution is -0.142. The number of rotatable bonds is 2. The first kappa shape index (κ1) is 14.1. The Morgan fingerprint density at radius 2 is 1.83 bits per heavy atom. The number of hydrogen-bond donors (Lipinski definition) is 0. The average molecular weight is 309 g/mol. The van der Waals surface area contributed by atoms with Crippen LogP contribution in [0.2, 0.25) is 0 Å². The predicted octanol–water partition coefficient (Wildman–Crippen LogP) is 2.97. The smallest absolute Gasteiger partial charge is 0.267 e. The lowest BCUT2D eigenvalue weighted by Gasteiger charge is -2.32. The number of ether oxygens (including phenoxy) is 2. The first-order valence-corrected chi connectivity index (χ1v) is 7.97. The second kappa shape index (κ2) is 5.61. The molecule has 0 saturated carbocycles. The van der Waals surface area contributed by atoms with Gasteiger partial charge in [0.25, 0.3) is 5.91 Å². The molecule has 2 aromatic rings. The van der Waals surface area contributed by atoms with Gasteiger partial charge in [-0.2, -0.15) is 0 Å². The predicted molar refractivity (Wildman–Crippen MR) is 86.6 cm³/mol. The lowest BCUT2D eigenvalue weighted by atomic mass is 10.1. The molecule has 0 saturated heterocycles. The number of carbonyl (C=O) groups excluding carboxylic acids is 1. The van der Waals surface area contributed by atoms with Gasteiger partial charge in [-0.3, -0.25) is 4.79 Å². The molecular formula is C19H19NO3. The molecule has 1 aliphatic carbocycles. The van der Waals surface area contributed by atoms with E-state index in [1.54, 1.807) is 0 Å². The van der Waals surface area contributed by atoms with Crippen LogP contribution >= 0.6 is 0 Å². The third-order valence-electron chi connectivity index (χ3n) is 4.70. The van der Waals surface area contributed by atoms with Gasteiger partial charge in [-0.15, -0.1) is 0 Å². The van der Waals surface area contributed by atoms with Gasteiger partial charge in [-0.1, -0.05) is 36.4 Å². The van der Waals surface area contributed by atoms with Crippen LogP contribution in [0.15, 0.2) is 48.5 Å². The minimum atomic E-state index is -0.581. The molecule has 118 valence electrons. The summed E-state index contributed by atoms with van der Waals surface area (Å²) in [5.74, 6) is 1.31. The van der Waals surface area contributed by atoms with E-state index in [2.05, 4.69) is 18.2 Å². The van der Waals surface area contributed by atoms with Crippen LogP contribution in [0, 0.1) is 0 Å². The van der Waals surface area contributed by atoms with Gasteiger partial charge in [0, 0.05) is 7.05 Å². The summed E-state index contributed by atoms with van der Waals surface area (Å²) in [6.45, 7) is 0.258. The van der Waals surface area contributed by atoms with Crippen molar-refractivity contribution >= 4 is 5.91 Å². The average Bonchev–Trinajstić information content (AvgIpc) is 3.04. The summed E-state index contributed by atoms with van der Waals surface area (Å²) in [7, 11) is 1.86. The molecule has 0 fully saturated rings. The summed E-state index contributed by atoms with van der Waals surface area (Å²) in [4.78, 5) is 14.6. The molecule has 4 heteroatoms. The third kappa shape index (κ3) is 2.44. The molecule has 4 rings (SSSR count). The molecular weight excluding hydrogens is 290 g/mol. The minimum Gasteiger partial charge on any atom is -0.485 e. The second-order valence-corrected chi connectivity index (χ2v) is 6.07. The van der Waals surface area contributed by atoms with E-state index in [9.17, 15) is 4.79 Å². The highest BCUT2D eigenvalue weighted by Gasteiger charge is 2.35. The topological polar surface area (TPSA) is 38.8 Å². The Balaban J connectivity index is 1.52. The molecule has 0 spiro atoms. The number of fused-ring (bicyclic) bond motifs is 2. The Morgan fingerprint density at radius 1 is 1.09 bits per heavy atom. The number of aryl methyl sites for hydroxylation is 1. The van der Waals surface area contributed by atoms with E-state index in [1.807, 2.05) is 42.3 Å². The number of benzene rings is 2. The number of carbonyl (C=O) groups is 1. The maximum Gasteiger partial charge on any atom is 0.267 e. The van der Waals surface area contributed by atoms with Crippen molar-refractivity contribution < 1.29 is 14.3 Å². The fraction of sp³-hybridized carbons (Fsp3) is 0.316. The highest BCUT2D eigenvalue weighted by atomic mass is 16.6. The van der Waals surface area contributed by atoms with Crippen molar-refractivity contribution in [2.75, 3.05) is 13.7 Å². The first-order chi connectivity index (χ1) is 11.2. The summed E-state index contributed by atoms with van der Waals surface area (Å²) in [5, 5.41) is 0. The Labute approximate surface area is 135 Å². The van der Waals surface area contributed by atoms with Crippen LogP contribution in [0.3, 0.4) is 0 Å². The summed E-state index contributed by atoms with van der Waals surface area (Å²) < 4.78 is 11.5. The molecule has 2 unspecified atom stereocenters. The monoisotopic (exact) mass is 309 g/mol. The van der Waals surface area contributed by atoms with Crippen molar-refractivity contribution in [3.63, 3.8) is 0 Å². The van der Waals surface area contributed by atoms with Gasteiger partial charge >= 0.3 is 0 Å². The normalized spacial score (nSPS) is 21.6. The molecule has 2 aliphatic rings. The molecule has 1 heterocycles. The van der Waals surface area contributed by atoms with E-state index < -0.39 is 6.10 Å². The summed E-state index contributed by atoms with van der Waals surface area (Å²) >= 11 is 0. The molecule has 1 aliphatic heterocycles. The largest absolute Gasteiger partial charge is 0.485 e. The highest BCUT2D eigenvalue weighted by Crippen LogP contribution is 2.36. The van der Waals surface area contributed by atoms with Crippen molar-refractivity contribution in [3.05, 3.63) is 59.7 Å². The van der Waals surface area contributed by atoms with Gasteiger partial charge in [-0.25, -0.2) is 0 Å². The van der Waals surface area contributed by atoms with Gasteiger partial charge in [-0.05, 0) is 36.1 Å². The van der Waals surface area contributed by atoms with Gasteiger partial charge in [0.05, 0.1) is 6.04 Å². The van der Waals surface area contributed by atoms with Crippen molar-refractivity contribution in [2.45, 2.75) is 25.0 Å². The molecule has 0 N–H and O–H groups in total. The van der Waals surface area contributed by atoms with E-state index >= 15 is 0 Å². The fourth-order valence-corrected chi connectivity index (χ4v) is 3.46. The summed E-state index contributed by atoms with van der Waals surface area (Å²) in [6.07, 6.45) is 1.40.